The van der Waals surface area contributed by atoms with Gasteiger partial charge in [-0.15, -0.1) is 0 Å². The predicted molar refractivity (Wildman–Crippen MR) is 126 cm³/mol. The molecule has 0 radical (unpaired) electrons. The zero-order valence-corrected chi connectivity index (χ0v) is 18.5. The number of aromatic nitrogens is 1. The van der Waals surface area contributed by atoms with Crippen molar-refractivity contribution in [3.63, 3.8) is 0 Å². The molecule has 6 nitrogen and oxygen atoms in total. The minimum atomic E-state index is -0.183. The Morgan fingerprint density at radius 2 is 1.87 bits per heavy atom. The summed E-state index contributed by atoms with van der Waals surface area (Å²) >= 11 is 0. The highest BCUT2D eigenvalue weighted by Crippen LogP contribution is 2.26. The first-order chi connectivity index (χ1) is 15.0. The topological polar surface area (TPSA) is 57.7 Å². The van der Waals surface area contributed by atoms with Crippen LogP contribution in [-0.4, -0.2) is 55.1 Å². The largest absolute Gasteiger partial charge is 0.484 e. The molecule has 1 saturated heterocycles. The predicted octanol–water partition coefficient (Wildman–Crippen LogP) is 4.01. The summed E-state index contributed by atoms with van der Waals surface area (Å²) in [5.74, 6) is 1.54. The summed E-state index contributed by atoms with van der Waals surface area (Å²) < 4.78 is 5.60. The third-order valence-electron chi connectivity index (χ3n) is 5.79. The lowest BCUT2D eigenvalue weighted by molar-refractivity contribution is -0.118. The van der Waals surface area contributed by atoms with Crippen molar-refractivity contribution in [3.8, 4) is 5.75 Å². The van der Waals surface area contributed by atoms with E-state index < -0.39 is 0 Å². The molecule has 1 aliphatic heterocycles. The average molecular weight is 419 g/mol. The Labute approximate surface area is 183 Å². The second-order valence-corrected chi connectivity index (χ2v) is 8.10. The summed E-state index contributed by atoms with van der Waals surface area (Å²) in [6.45, 7) is 11.5. The number of hydrogen-bond donors (Lipinski definition) is 1. The lowest BCUT2D eigenvalue weighted by Gasteiger charge is -2.35. The van der Waals surface area contributed by atoms with Crippen LogP contribution in [0.4, 0.5) is 11.5 Å². The quantitative estimate of drug-likeness (QED) is 0.655. The number of piperazine rings is 1. The second kappa shape index (κ2) is 9.35. The number of pyridine rings is 1. The molecule has 0 atom stereocenters. The van der Waals surface area contributed by atoms with Crippen LogP contribution in [0.25, 0.3) is 10.9 Å². The average Bonchev–Trinajstić information content (AvgIpc) is 2.78. The van der Waals surface area contributed by atoms with Gasteiger partial charge in [0, 0.05) is 37.3 Å². The molecule has 162 valence electrons. The summed E-state index contributed by atoms with van der Waals surface area (Å²) in [6, 6.07) is 15.7. The molecule has 1 amide bonds. The zero-order chi connectivity index (χ0) is 21.8. The van der Waals surface area contributed by atoms with Crippen LogP contribution >= 0.6 is 0 Å². The van der Waals surface area contributed by atoms with Crippen molar-refractivity contribution in [2.75, 3.05) is 49.5 Å². The van der Waals surface area contributed by atoms with E-state index in [1.54, 1.807) is 0 Å². The maximum absolute atomic E-state index is 12.3. The molecule has 1 aromatic heterocycles. The molecule has 0 bridgehead atoms. The Morgan fingerprint density at radius 3 is 2.61 bits per heavy atom. The molecule has 2 heterocycles. The Hall–Kier alpha value is -3.12. The zero-order valence-electron chi connectivity index (χ0n) is 18.5. The van der Waals surface area contributed by atoms with E-state index in [0.717, 1.165) is 66.3 Å². The minimum absolute atomic E-state index is 0.0264. The fourth-order valence-electron chi connectivity index (χ4n) is 3.96. The van der Waals surface area contributed by atoms with Gasteiger partial charge in [-0.3, -0.25) is 4.79 Å². The molecule has 2 aromatic carbocycles. The van der Waals surface area contributed by atoms with Gasteiger partial charge in [0.2, 0.25) is 0 Å². The van der Waals surface area contributed by atoms with Crippen molar-refractivity contribution in [1.29, 1.82) is 0 Å². The van der Waals surface area contributed by atoms with Crippen LogP contribution in [0.2, 0.25) is 0 Å². The summed E-state index contributed by atoms with van der Waals surface area (Å²) in [6.07, 6.45) is 0. The van der Waals surface area contributed by atoms with Gasteiger partial charge in [-0.05, 0) is 67.9 Å². The van der Waals surface area contributed by atoms with Crippen molar-refractivity contribution < 1.29 is 9.53 Å². The Bertz CT molecular complexity index is 1070. The number of anilines is 2. The van der Waals surface area contributed by atoms with Crippen LogP contribution in [0.15, 0.2) is 48.5 Å². The number of ether oxygens (including phenoxy) is 1. The number of aryl methyl sites for hydroxylation is 2. The number of carbonyl (C=O) groups is 1. The van der Waals surface area contributed by atoms with Gasteiger partial charge in [-0.2, -0.15) is 0 Å². The van der Waals surface area contributed by atoms with Crippen LogP contribution < -0.4 is 15.0 Å². The van der Waals surface area contributed by atoms with Crippen molar-refractivity contribution in [1.82, 2.24) is 9.88 Å². The first-order valence-corrected chi connectivity index (χ1v) is 10.9. The second-order valence-electron chi connectivity index (χ2n) is 8.10. The van der Waals surface area contributed by atoms with Gasteiger partial charge in [0.15, 0.2) is 6.61 Å². The molecule has 0 unspecified atom stereocenters. The standard InChI is InChI=1S/C25H30N4O2/c1-4-28-10-12-29(13-11-28)24-15-19(3)22-16-20(8-9-23(22)27-24)26-25(30)17-31-21-7-5-6-18(2)14-21/h5-9,14-16H,4,10-13,17H2,1-3H3,(H,26,30). The fraction of sp³-hybridized carbons (Fsp3) is 0.360. The molecule has 1 aliphatic rings. The molecule has 1 N–H and O–H groups in total. The molecule has 31 heavy (non-hydrogen) atoms. The molecular formula is C25H30N4O2. The maximum atomic E-state index is 12.3. The molecule has 3 aromatic rings. The van der Waals surface area contributed by atoms with E-state index >= 15 is 0 Å². The number of nitrogens with zero attached hydrogens (tertiary/aromatic N) is 3. The highest BCUT2D eigenvalue weighted by atomic mass is 16.5. The molecule has 0 aliphatic carbocycles. The van der Waals surface area contributed by atoms with Crippen molar-refractivity contribution in [3.05, 3.63) is 59.7 Å². The monoisotopic (exact) mass is 418 g/mol. The third-order valence-corrected chi connectivity index (χ3v) is 5.79. The normalized spacial score (nSPS) is 14.6. The number of amides is 1. The Morgan fingerprint density at radius 1 is 1.06 bits per heavy atom. The number of nitrogens with one attached hydrogen (secondary N) is 1. The minimum Gasteiger partial charge on any atom is -0.484 e. The summed E-state index contributed by atoms with van der Waals surface area (Å²) in [7, 11) is 0. The van der Waals surface area contributed by atoms with E-state index in [1.807, 2.05) is 49.4 Å². The Kier molecular flexibility index (Phi) is 6.37. The summed E-state index contributed by atoms with van der Waals surface area (Å²) in [5, 5.41) is 3.98. The van der Waals surface area contributed by atoms with Gasteiger partial charge in [0.25, 0.3) is 5.91 Å². The van der Waals surface area contributed by atoms with Crippen LogP contribution in [0.5, 0.6) is 5.75 Å². The van der Waals surface area contributed by atoms with Crippen molar-refractivity contribution in [2.45, 2.75) is 20.8 Å². The van der Waals surface area contributed by atoms with Gasteiger partial charge in [0.05, 0.1) is 5.52 Å². The van der Waals surface area contributed by atoms with Crippen LogP contribution in [0.3, 0.4) is 0 Å². The first kappa shape index (κ1) is 21.1. The smallest absolute Gasteiger partial charge is 0.262 e. The van der Waals surface area contributed by atoms with E-state index in [0.29, 0.717) is 5.75 Å². The number of benzene rings is 2. The molecule has 4 rings (SSSR count). The first-order valence-electron chi connectivity index (χ1n) is 10.9. The van der Waals surface area contributed by atoms with E-state index in [9.17, 15) is 4.79 Å². The highest BCUT2D eigenvalue weighted by Gasteiger charge is 2.18. The number of likely N-dealkylation sites (N-methyl/N-ethyl adjacent to an activating group) is 1. The molecule has 0 saturated carbocycles. The molecule has 0 spiro atoms. The number of hydrogen-bond acceptors (Lipinski definition) is 5. The van der Waals surface area contributed by atoms with Crippen LogP contribution in [0, 0.1) is 13.8 Å². The fourth-order valence-corrected chi connectivity index (χ4v) is 3.96. The lowest BCUT2D eigenvalue weighted by Crippen LogP contribution is -2.46. The van der Waals surface area contributed by atoms with Gasteiger partial charge in [-0.1, -0.05) is 19.1 Å². The Balaban J connectivity index is 1.43. The van der Waals surface area contributed by atoms with Gasteiger partial charge >= 0.3 is 0 Å². The number of fused-ring (bicyclic) bond motifs is 1. The van der Waals surface area contributed by atoms with Crippen LogP contribution in [0.1, 0.15) is 18.1 Å². The van der Waals surface area contributed by atoms with Crippen molar-refractivity contribution >= 4 is 28.3 Å². The number of rotatable bonds is 6. The van der Waals surface area contributed by atoms with E-state index in [2.05, 4.69) is 35.0 Å². The molecule has 1 fully saturated rings. The highest BCUT2D eigenvalue weighted by molar-refractivity contribution is 5.95. The summed E-state index contributed by atoms with van der Waals surface area (Å²) in [4.78, 5) is 22.0. The summed E-state index contributed by atoms with van der Waals surface area (Å²) in [5.41, 5.74) is 3.95. The van der Waals surface area contributed by atoms with E-state index in [-0.39, 0.29) is 12.5 Å². The van der Waals surface area contributed by atoms with E-state index in [4.69, 9.17) is 9.72 Å². The van der Waals surface area contributed by atoms with Crippen molar-refractivity contribution in [2.24, 2.45) is 0 Å². The van der Waals surface area contributed by atoms with Crippen LogP contribution in [-0.2, 0) is 4.79 Å². The molecular weight excluding hydrogens is 388 g/mol. The number of carbonyl (C=O) groups excluding carboxylic acids is 1. The van der Waals surface area contributed by atoms with Gasteiger partial charge < -0.3 is 19.9 Å². The van der Waals surface area contributed by atoms with E-state index in [1.165, 1.54) is 0 Å². The third kappa shape index (κ3) is 5.14. The maximum Gasteiger partial charge on any atom is 0.262 e. The molecule has 6 heteroatoms. The SMILES string of the molecule is CCN1CCN(c2cc(C)c3cc(NC(=O)COc4cccc(C)c4)ccc3n2)CC1. The van der Waals surface area contributed by atoms with Gasteiger partial charge in [-0.25, -0.2) is 4.98 Å². The van der Waals surface area contributed by atoms with Gasteiger partial charge in [0.1, 0.15) is 11.6 Å². The lowest BCUT2D eigenvalue weighted by atomic mass is 10.1.